The number of carbonyl (C=O) groups is 2. The summed E-state index contributed by atoms with van der Waals surface area (Å²) in [7, 11) is 0. The zero-order valence-corrected chi connectivity index (χ0v) is 13.2. The molecule has 1 heterocycles. The third kappa shape index (κ3) is 4.69. The lowest BCUT2D eigenvalue weighted by molar-refractivity contribution is -0.127. The van der Waals surface area contributed by atoms with E-state index in [4.69, 9.17) is 9.15 Å². The molecule has 0 saturated heterocycles. The van der Waals surface area contributed by atoms with Gasteiger partial charge in [-0.3, -0.25) is 9.59 Å². The summed E-state index contributed by atoms with van der Waals surface area (Å²) >= 11 is 0. The van der Waals surface area contributed by atoms with Crippen LogP contribution in [-0.4, -0.2) is 24.5 Å². The lowest BCUT2D eigenvalue weighted by Crippen LogP contribution is -2.29. The molecular formula is C17H20N2O4. The van der Waals surface area contributed by atoms with Gasteiger partial charge in [-0.15, -0.1) is 0 Å². The number of benzene rings is 1. The van der Waals surface area contributed by atoms with Crippen LogP contribution in [0.1, 0.15) is 30.8 Å². The first kappa shape index (κ1) is 16.8. The molecule has 2 rings (SSSR count). The van der Waals surface area contributed by atoms with Crippen molar-refractivity contribution < 1.29 is 18.7 Å². The number of rotatable bonds is 7. The molecule has 1 unspecified atom stereocenters. The minimum Gasteiger partial charge on any atom is -0.459 e. The Kier molecular flexibility index (Phi) is 5.94. The van der Waals surface area contributed by atoms with Crippen LogP contribution in [0.25, 0.3) is 0 Å². The Morgan fingerprint density at radius 3 is 2.48 bits per heavy atom. The first-order chi connectivity index (χ1) is 11.1. The van der Waals surface area contributed by atoms with Crippen LogP contribution in [0.15, 0.2) is 47.1 Å². The average molecular weight is 316 g/mol. The first-order valence-electron chi connectivity index (χ1n) is 7.51. The van der Waals surface area contributed by atoms with E-state index in [9.17, 15) is 9.59 Å². The molecule has 0 fully saturated rings. The number of carbonyl (C=O) groups excluding carboxylic acids is 2. The van der Waals surface area contributed by atoms with Crippen LogP contribution in [0, 0.1) is 0 Å². The molecule has 2 aromatic rings. The van der Waals surface area contributed by atoms with Crippen LogP contribution >= 0.6 is 0 Å². The third-order valence-electron chi connectivity index (χ3n) is 3.16. The Morgan fingerprint density at radius 2 is 1.87 bits per heavy atom. The van der Waals surface area contributed by atoms with Crippen molar-refractivity contribution in [3.05, 3.63) is 48.4 Å². The Morgan fingerprint density at radius 1 is 1.13 bits per heavy atom. The maximum absolute atomic E-state index is 12.1. The minimum absolute atomic E-state index is 0.205. The van der Waals surface area contributed by atoms with E-state index in [1.165, 1.54) is 6.26 Å². The molecule has 122 valence electrons. The van der Waals surface area contributed by atoms with Crippen molar-refractivity contribution in [2.24, 2.45) is 0 Å². The fourth-order valence-electron chi connectivity index (χ4n) is 2.08. The summed E-state index contributed by atoms with van der Waals surface area (Å²) in [5, 5.41) is 5.50. The van der Waals surface area contributed by atoms with E-state index >= 15 is 0 Å². The van der Waals surface area contributed by atoms with Crippen molar-refractivity contribution in [1.82, 2.24) is 0 Å². The van der Waals surface area contributed by atoms with Gasteiger partial charge in [-0.2, -0.15) is 0 Å². The number of hydrogen-bond acceptors (Lipinski definition) is 4. The fourth-order valence-corrected chi connectivity index (χ4v) is 2.08. The molecule has 2 amide bonds. The van der Waals surface area contributed by atoms with Crippen molar-refractivity contribution >= 4 is 23.2 Å². The van der Waals surface area contributed by atoms with Crippen LogP contribution in [0.3, 0.4) is 0 Å². The smallest absolute Gasteiger partial charge is 0.291 e. The van der Waals surface area contributed by atoms with Crippen LogP contribution in [0.2, 0.25) is 0 Å². The number of hydrogen-bond donors (Lipinski definition) is 2. The lowest BCUT2D eigenvalue weighted by atomic mass is 10.2. The fraction of sp³-hybridized carbons (Fsp3) is 0.294. The van der Waals surface area contributed by atoms with Gasteiger partial charge in [0.25, 0.3) is 11.8 Å². The van der Waals surface area contributed by atoms with Gasteiger partial charge in [0.2, 0.25) is 0 Å². The lowest BCUT2D eigenvalue weighted by Gasteiger charge is -2.15. The molecule has 6 heteroatoms. The molecule has 0 aliphatic heterocycles. The number of nitrogens with one attached hydrogen (secondary N) is 2. The Balaban J connectivity index is 2.02. The molecule has 1 aromatic heterocycles. The van der Waals surface area contributed by atoms with Gasteiger partial charge in [0, 0.05) is 18.0 Å². The SMILES string of the molecule is CCOC(CC)C(=O)Nc1cccc(NC(=O)c2ccco2)c1. The standard InChI is InChI=1S/C17H20N2O4/c1-3-14(22-4-2)16(20)18-12-7-5-8-13(11-12)19-17(21)15-9-6-10-23-15/h5-11,14H,3-4H2,1-2H3,(H,18,20)(H,19,21). The maximum atomic E-state index is 12.1. The van der Waals surface area contributed by atoms with Crippen LogP contribution in [-0.2, 0) is 9.53 Å². The largest absolute Gasteiger partial charge is 0.459 e. The second-order valence-corrected chi connectivity index (χ2v) is 4.85. The number of anilines is 2. The van der Waals surface area contributed by atoms with Crippen LogP contribution in [0.4, 0.5) is 11.4 Å². The monoisotopic (exact) mass is 316 g/mol. The Bertz CT molecular complexity index is 652. The first-order valence-corrected chi connectivity index (χ1v) is 7.51. The summed E-state index contributed by atoms with van der Waals surface area (Å²) in [5.74, 6) is -0.329. The maximum Gasteiger partial charge on any atom is 0.291 e. The van der Waals surface area contributed by atoms with Gasteiger partial charge >= 0.3 is 0 Å². The second-order valence-electron chi connectivity index (χ2n) is 4.85. The van der Waals surface area contributed by atoms with E-state index in [1.807, 2.05) is 13.8 Å². The van der Waals surface area contributed by atoms with Gasteiger partial charge in [-0.25, -0.2) is 0 Å². The zero-order chi connectivity index (χ0) is 16.7. The highest BCUT2D eigenvalue weighted by molar-refractivity contribution is 6.02. The van der Waals surface area contributed by atoms with Crippen molar-refractivity contribution in [3.63, 3.8) is 0 Å². The molecule has 0 bridgehead atoms. The molecule has 0 spiro atoms. The van der Waals surface area contributed by atoms with Crippen molar-refractivity contribution in [2.45, 2.75) is 26.4 Å². The number of amides is 2. The summed E-state index contributed by atoms with van der Waals surface area (Å²) in [6, 6.07) is 10.1. The summed E-state index contributed by atoms with van der Waals surface area (Å²) in [5.41, 5.74) is 1.15. The molecule has 0 aliphatic rings. The zero-order valence-electron chi connectivity index (χ0n) is 13.2. The van der Waals surface area contributed by atoms with Gasteiger partial charge < -0.3 is 19.8 Å². The predicted molar refractivity (Wildman–Crippen MR) is 87.4 cm³/mol. The van der Waals surface area contributed by atoms with E-state index in [1.54, 1.807) is 36.4 Å². The summed E-state index contributed by atoms with van der Waals surface area (Å²) in [4.78, 5) is 24.1. The molecule has 6 nitrogen and oxygen atoms in total. The van der Waals surface area contributed by atoms with E-state index < -0.39 is 6.10 Å². The van der Waals surface area contributed by atoms with Crippen LogP contribution < -0.4 is 10.6 Å². The van der Waals surface area contributed by atoms with Crippen LogP contribution in [0.5, 0.6) is 0 Å². The van der Waals surface area contributed by atoms with E-state index in [2.05, 4.69) is 10.6 Å². The summed E-state index contributed by atoms with van der Waals surface area (Å²) in [6.07, 6.45) is 1.54. The highest BCUT2D eigenvalue weighted by atomic mass is 16.5. The Labute approximate surface area is 134 Å². The van der Waals surface area contributed by atoms with E-state index in [0.717, 1.165) is 0 Å². The quantitative estimate of drug-likeness (QED) is 0.821. The van der Waals surface area contributed by atoms with Crippen molar-refractivity contribution in [3.8, 4) is 0 Å². The van der Waals surface area contributed by atoms with Gasteiger partial charge in [-0.1, -0.05) is 13.0 Å². The molecule has 0 saturated carbocycles. The second kappa shape index (κ2) is 8.14. The van der Waals surface area contributed by atoms with E-state index in [0.29, 0.717) is 24.4 Å². The number of furan rings is 1. The topological polar surface area (TPSA) is 80.6 Å². The Hall–Kier alpha value is -2.60. The molecule has 0 radical (unpaired) electrons. The van der Waals surface area contributed by atoms with Gasteiger partial charge in [0.1, 0.15) is 6.10 Å². The molecule has 23 heavy (non-hydrogen) atoms. The van der Waals surface area contributed by atoms with Crippen molar-refractivity contribution in [2.75, 3.05) is 17.2 Å². The van der Waals surface area contributed by atoms with Gasteiger partial charge in [0.15, 0.2) is 5.76 Å². The average Bonchev–Trinajstić information content (AvgIpc) is 3.07. The summed E-state index contributed by atoms with van der Waals surface area (Å²) in [6.45, 7) is 4.21. The number of ether oxygens (including phenoxy) is 1. The van der Waals surface area contributed by atoms with Gasteiger partial charge in [-0.05, 0) is 43.7 Å². The summed E-state index contributed by atoms with van der Waals surface area (Å²) < 4.78 is 10.4. The molecular weight excluding hydrogens is 296 g/mol. The van der Waals surface area contributed by atoms with E-state index in [-0.39, 0.29) is 17.6 Å². The minimum atomic E-state index is -0.485. The van der Waals surface area contributed by atoms with Crippen molar-refractivity contribution in [1.29, 1.82) is 0 Å². The molecule has 2 N–H and O–H groups in total. The normalized spacial score (nSPS) is 11.7. The highest BCUT2D eigenvalue weighted by Gasteiger charge is 2.16. The predicted octanol–water partition coefficient (Wildman–Crippen LogP) is 3.29. The third-order valence-corrected chi connectivity index (χ3v) is 3.16. The van der Waals surface area contributed by atoms with Gasteiger partial charge in [0.05, 0.1) is 6.26 Å². The highest BCUT2D eigenvalue weighted by Crippen LogP contribution is 2.17. The molecule has 1 aromatic carbocycles. The molecule has 0 aliphatic carbocycles. The molecule has 1 atom stereocenters.